The predicted molar refractivity (Wildman–Crippen MR) is 59.6 cm³/mol. The summed E-state index contributed by atoms with van der Waals surface area (Å²) in [5.41, 5.74) is 0. The first-order valence-corrected chi connectivity index (χ1v) is 5.87. The number of hydrogen-bond acceptors (Lipinski definition) is 4. The zero-order valence-electron chi connectivity index (χ0n) is 9.96. The Bertz CT molecular complexity index is 281. The third kappa shape index (κ3) is 4.22. The molecular formula is C11H19NO5. The molecule has 1 rings (SSSR count). The number of carboxylic acid groups (broad SMARTS) is 1. The van der Waals surface area contributed by atoms with Crippen LogP contribution in [-0.4, -0.2) is 52.5 Å². The molecule has 6 nitrogen and oxygen atoms in total. The fourth-order valence-electron chi connectivity index (χ4n) is 2.06. The maximum atomic E-state index is 11.2. The molecule has 1 aliphatic heterocycles. The third-order valence-electron chi connectivity index (χ3n) is 2.91. The summed E-state index contributed by atoms with van der Waals surface area (Å²) in [6.07, 6.45) is 0.211. The van der Waals surface area contributed by atoms with E-state index >= 15 is 0 Å². The molecule has 0 aromatic rings. The van der Waals surface area contributed by atoms with Gasteiger partial charge in [0.25, 0.3) is 0 Å². The normalized spacial score (nSPS) is 24.5. The highest BCUT2D eigenvalue weighted by molar-refractivity contribution is 5.69. The van der Waals surface area contributed by atoms with Crippen LogP contribution in [0.25, 0.3) is 0 Å². The molecule has 2 atom stereocenters. The average molecular weight is 245 g/mol. The van der Waals surface area contributed by atoms with Gasteiger partial charge in [0, 0.05) is 12.5 Å². The van der Waals surface area contributed by atoms with E-state index in [9.17, 15) is 14.7 Å². The van der Waals surface area contributed by atoms with Crippen LogP contribution < -0.4 is 0 Å². The van der Waals surface area contributed by atoms with Crippen LogP contribution in [0.5, 0.6) is 0 Å². The van der Waals surface area contributed by atoms with E-state index in [1.54, 1.807) is 6.92 Å². The molecule has 0 aromatic carbocycles. The van der Waals surface area contributed by atoms with Crippen molar-refractivity contribution in [3.63, 3.8) is 0 Å². The Kier molecular flexibility index (Phi) is 5.21. The highest BCUT2D eigenvalue weighted by atomic mass is 16.5. The summed E-state index contributed by atoms with van der Waals surface area (Å²) in [6, 6.07) is -0.194. The van der Waals surface area contributed by atoms with Gasteiger partial charge in [0.1, 0.15) is 0 Å². The molecule has 17 heavy (non-hydrogen) atoms. The van der Waals surface area contributed by atoms with E-state index in [4.69, 9.17) is 9.84 Å². The number of esters is 1. The minimum atomic E-state index is -1.04. The van der Waals surface area contributed by atoms with Gasteiger partial charge in [0.05, 0.1) is 19.3 Å². The molecule has 1 amide bonds. The quantitative estimate of drug-likeness (QED) is 0.716. The van der Waals surface area contributed by atoms with E-state index in [2.05, 4.69) is 0 Å². The van der Waals surface area contributed by atoms with Crippen LogP contribution in [0.3, 0.4) is 0 Å². The van der Waals surface area contributed by atoms with E-state index in [0.29, 0.717) is 25.9 Å². The molecule has 98 valence electrons. The summed E-state index contributed by atoms with van der Waals surface area (Å²) in [4.78, 5) is 23.4. The standard InChI is InChI=1S/C11H19NO5/c1-2-17-10(14)6-4-8-3-5-9(13)7-12(8)11(15)16/h8-9,13H,2-7H2,1H3,(H,15,16)/t8-,9+/m0/s1. The lowest BCUT2D eigenvalue weighted by atomic mass is 9.97. The van der Waals surface area contributed by atoms with Crippen molar-refractivity contribution >= 4 is 12.1 Å². The van der Waals surface area contributed by atoms with Crippen molar-refractivity contribution in [3.05, 3.63) is 0 Å². The number of carbonyl (C=O) groups is 2. The first-order chi connectivity index (χ1) is 8.04. The topological polar surface area (TPSA) is 87.1 Å². The summed E-state index contributed by atoms with van der Waals surface area (Å²) >= 11 is 0. The monoisotopic (exact) mass is 245 g/mol. The zero-order valence-corrected chi connectivity index (χ0v) is 9.96. The molecule has 0 unspecified atom stereocenters. The van der Waals surface area contributed by atoms with Gasteiger partial charge in [-0.1, -0.05) is 0 Å². The van der Waals surface area contributed by atoms with E-state index < -0.39 is 12.2 Å². The van der Waals surface area contributed by atoms with Crippen LogP contribution in [0.1, 0.15) is 32.6 Å². The molecule has 1 heterocycles. The number of β-amino-alcohol motifs (C(OH)–C–C–N with tert-alkyl or cyclic N) is 1. The third-order valence-corrected chi connectivity index (χ3v) is 2.91. The van der Waals surface area contributed by atoms with Crippen molar-refractivity contribution in [2.45, 2.75) is 44.8 Å². The largest absolute Gasteiger partial charge is 0.466 e. The lowest BCUT2D eigenvalue weighted by Crippen LogP contribution is -2.48. The highest BCUT2D eigenvalue weighted by Crippen LogP contribution is 2.21. The fraction of sp³-hybridized carbons (Fsp3) is 0.818. The maximum Gasteiger partial charge on any atom is 0.407 e. The lowest BCUT2D eigenvalue weighted by molar-refractivity contribution is -0.143. The number of hydrogen-bond donors (Lipinski definition) is 2. The first kappa shape index (κ1) is 13.8. The zero-order chi connectivity index (χ0) is 12.8. The molecular weight excluding hydrogens is 226 g/mol. The van der Waals surface area contributed by atoms with E-state index in [1.165, 1.54) is 4.90 Å². The van der Waals surface area contributed by atoms with Crippen molar-refractivity contribution in [3.8, 4) is 0 Å². The van der Waals surface area contributed by atoms with Gasteiger partial charge in [-0.25, -0.2) is 4.79 Å². The summed E-state index contributed by atoms with van der Waals surface area (Å²) < 4.78 is 4.80. The van der Waals surface area contributed by atoms with Gasteiger partial charge in [-0.05, 0) is 26.2 Å². The van der Waals surface area contributed by atoms with Gasteiger partial charge < -0.3 is 19.8 Å². The van der Waals surface area contributed by atoms with Crippen LogP contribution in [0.15, 0.2) is 0 Å². The molecule has 2 N–H and O–H groups in total. The average Bonchev–Trinajstić information content (AvgIpc) is 2.27. The van der Waals surface area contributed by atoms with E-state index in [1.807, 2.05) is 0 Å². The molecule has 0 spiro atoms. The molecule has 1 fully saturated rings. The van der Waals surface area contributed by atoms with E-state index in [0.717, 1.165) is 0 Å². The number of nitrogens with zero attached hydrogens (tertiary/aromatic N) is 1. The SMILES string of the molecule is CCOC(=O)CC[C@@H]1CC[C@@H](O)CN1C(=O)O. The number of amides is 1. The summed E-state index contributed by atoms with van der Waals surface area (Å²) in [6.45, 7) is 2.20. The number of ether oxygens (including phenoxy) is 1. The van der Waals surface area contributed by atoms with Crippen molar-refractivity contribution in [2.24, 2.45) is 0 Å². The number of rotatable bonds is 4. The van der Waals surface area contributed by atoms with Gasteiger partial charge >= 0.3 is 12.1 Å². The lowest BCUT2D eigenvalue weighted by Gasteiger charge is -2.35. The fourth-order valence-corrected chi connectivity index (χ4v) is 2.06. The van der Waals surface area contributed by atoms with Crippen LogP contribution in [0, 0.1) is 0 Å². The Balaban J connectivity index is 2.44. The van der Waals surface area contributed by atoms with Gasteiger partial charge in [-0.2, -0.15) is 0 Å². The number of aliphatic hydroxyl groups excluding tert-OH is 1. The van der Waals surface area contributed by atoms with Crippen molar-refractivity contribution in [1.82, 2.24) is 4.90 Å². The van der Waals surface area contributed by atoms with Gasteiger partial charge in [-0.3, -0.25) is 4.79 Å². The van der Waals surface area contributed by atoms with Crippen molar-refractivity contribution in [1.29, 1.82) is 0 Å². The summed E-state index contributed by atoms with van der Waals surface area (Å²) in [7, 11) is 0. The minimum Gasteiger partial charge on any atom is -0.466 e. The van der Waals surface area contributed by atoms with Gasteiger partial charge in [0.15, 0.2) is 0 Å². The van der Waals surface area contributed by atoms with Crippen LogP contribution in [0.4, 0.5) is 4.79 Å². The van der Waals surface area contributed by atoms with Crippen LogP contribution in [0.2, 0.25) is 0 Å². The summed E-state index contributed by atoms with van der Waals surface area (Å²) in [5, 5.41) is 18.4. The molecule has 1 aliphatic rings. The second kappa shape index (κ2) is 6.44. The second-order valence-electron chi connectivity index (χ2n) is 4.16. The number of likely N-dealkylation sites (tertiary alicyclic amines) is 1. The van der Waals surface area contributed by atoms with E-state index in [-0.39, 0.29) is 25.0 Å². The molecule has 6 heteroatoms. The first-order valence-electron chi connectivity index (χ1n) is 5.87. The highest BCUT2D eigenvalue weighted by Gasteiger charge is 2.30. The Morgan fingerprint density at radius 3 is 2.71 bits per heavy atom. The Morgan fingerprint density at radius 1 is 1.41 bits per heavy atom. The molecule has 0 saturated carbocycles. The Hall–Kier alpha value is -1.30. The Morgan fingerprint density at radius 2 is 2.12 bits per heavy atom. The van der Waals surface area contributed by atoms with Crippen molar-refractivity contribution < 1.29 is 24.5 Å². The Labute approximate surface area is 100 Å². The smallest absolute Gasteiger partial charge is 0.407 e. The molecule has 1 saturated heterocycles. The van der Waals surface area contributed by atoms with Crippen molar-refractivity contribution in [2.75, 3.05) is 13.2 Å². The maximum absolute atomic E-state index is 11.2. The van der Waals surface area contributed by atoms with Crippen LogP contribution in [-0.2, 0) is 9.53 Å². The van der Waals surface area contributed by atoms with Gasteiger partial charge in [-0.15, -0.1) is 0 Å². The van der Waals surface area contributed by atoms with Crippen LogP contribution >= 0.6 is 0 Å². The predicted octanol–water partition coefficient (Wildman–Crippen LogP) is 0.833. The molecule has 0 aliphatic carbocycles. The molecule has 0 aromatic heterocycles. The second-order valence-corrected chi connectivity index (χ2v) is 4.16. The minimum absolute atomic E-state index is 0.128. The number of aliphatic hydroxyl groups is 1. The molecule has 0 bridgehead atoms. The van der Waals surface area contributed by atoms with Gasteiger partial charge in [0.2, 0.25) is 0 Å². The molecule has 0 radical (unpaired) electrons. The summed E-state index contributed by atoms with van der Waals surface area (Å²) in [5.74, 6) is -0.302. The number of carbonyl (C=O) groups excluding carboxylic acids is 1. The number of piperidine rings is 1.